The van der Waals surface area contributed by atoms with Gasteiger partial charge in [-0.2, -0.15) is 0 Å². The van der Waals surface area contributed by atoms with E-state index >= 15 is 0 Å². The topological polar surface area (TPSA) is 84.2 Å². The van der Waals surface area contributed by atoms with Crippen molar-refractivity contribution in [2.75, 3.05) is 13.1 Å². The predicted molar refractivity (Wildman–Crippen MR) is 122 cm³/mol. The average molecular weight is 446 g/mol. The number of para-hydroxylation sites is 1. The second-order valence-electron chi connectivity index (χ2n) is 7.12. The van der Waals surface area contributed by atoms with Gasteiger partial charge in [0.1, 0.15) is 5.58 Å². The zero-order chi connectivity index (χ0) is 20.3. The lowest BCUT2D eigenvalue weighted by Gasteiger charge is -2.15. The summed E-state index contributed by atoms with van der Waals surface area (Å²) in [4.78, 5) is 4.31. The Kier molecular flexibility index (Phi) is 7.10. The van der Waals surface area contributed by atoms with Crippen LogP contribution in [0.25, 0.3) is 21.7 Å². The number of rotatable bonds is 8. The fourth-order valence-corrected chi connectivity index (χ4v) is 4.65. The molecule has 0 aliphatic rings. The van der Waals surface area contributed by atoms with Gasteiger partial charge in [0, 0.05) is 35.8 Å². The summed E-state index contributed by atoms with van der Waals surface area (Å²) in [5.41, 5.74) is 2.03. The van der Waals surface area contributed by atoms with E-state index in [4.69, 9.17) is 4.42 Å². The molecule has 0 saturated heterocycles. The molecular formula is C22H24ClN3O3S. The number of nitrogens with zero attached hydrogens (tertiary/aromatic N) is 1. The summed E-state index contributed by atoms with van der Waals surface area (Å²) in [7, 11) is -3.59. The van der Waals surface area contributed by atoms with Gasteiger partial charge < -0.3 is 9.73 Å². The Balaban J connectivity index is 0.00000256. The molecule has 0 aliphatic carbocycles. The van der Waals surface area contributed by atoms with Gasteiger partial charge in [0.05, 0.1) is 11.2 Å². The van der Waals surface area contributed by atoms with Crippen LogP contribution >= 0.6 is 12.4 Å². The molecule has 2 aromatic heterocycles. The van der Waals surface area contributed by atoms with E-state index in [0.717, 1.165) is 40.3 Å². The highest BCUT2D eigenvalue weighted by Gasteiger charge is 2.17. The molecule has 2 aromatic carbocycles. The highest BCUT2D eigenvalue weighted by molar-refractivity contribution is 7.89. The van der Waals surface area contributed by atoms with Crippen molar-refractivity contribution in [3.8, 4) is 0 Å². The van der Waals surface area contributed by atoms with Gasteiger partial charge in [0.25, 0.3) is 0 Å². The Bertz CT molecular complexity index is 1240. The summed E-state index contributed by atoms with van der Waals surface area (Å²) in [6.07, 6.45) is 5.97. The molecule has 8 heteroatoms. The maximum absolute atomic E-state index is 12.7. The number of benzene rings is 2. The van der Waals surface area contributed by atoms with Crippen molar-refractivity contribution < 1.29 is 12.8 Å². The minimum atomic E-state index is -3.59. The Morgan fingerprint density at radius 2 is 1.93 bits per heavy atom. The highest BCUT2D eigenvalue weighted by Crippen LogP contribution is 2.21. The Morgan fingerprint density at radius 1 is 1.10 bits per heavy atom. The van der Waals surface area contributed by atoms with Crippen LogP contribution in [0.2, 0.25) is 0 Å². The first-order valence-electron chi connectivity index (χ1n) is 9.55. The molecular weight excluding hydrogens is 422 g/mol. The number of pyridine rings is 1. The molecule has 0 aliphatic heterocycles. The van der Waals surface area contributed by atoms with E-state index in [1.807, 2.05) is 31.2 Å². The van der Waals surface area contributed by atoms with Crippen LogP contribution in [0.3, 0.4) is 0 Å². The number of sulfonamides is 1. The molecule has 30 heavy (non-hydrogen) atoms. The fraction of sp³-hybridized carbons (Fsp3) is 0.227. The molecule has 0 bridgehead atoms. The lowest BCUT2D eigenvalue weighted by Crippen LogP contribution is -2.40. The van der Waals surface area contributed by atoms with Gasteiger partial charge in [0.2, 0.25) is 10.0 Å². The molecule has 6 nitrogen and oxygen atoms in total. The lowest BCUT2D eigenvalue weighted by molar-refractivity contribution is 0.537. The minimum absolute atomic E-state index is 0. The van der Waals surface area contributed by atoms with Crippen molar-refractivity contribution in [3.05, 3.63) is 72.8 Å². The van der Waals surface area contributed by atoms with Gasteiger partial charge in [-0.15, -0.1) is 12.4 Å². The van der Waals surface area contributed by atoms with Crippen LogP contribution < -0.4 is 10.0 Å². The summed E-state index contributed by atoms with van der Waals surface area (Å²) in [6.45, 7) is 3.12. The first-order valence-corrected chi connectivity index (χ1v) is 11.0. The van der Waals surface area contributed by atoms with Crippen molar-refractivity contribution in [3.63, 3.8) is 0 Å². The molecule has 158 valence electrons. The van der Waals surface area contributed by atoms with E-state index in [2.05, 4.69) is 15.0 Å². The molecule has 0 amide bonds. The summed E-state index contributed by atoms with van der Waals surface area (Å²) >= 11 is 0. The third-order valence-corrected chi connectivity index (χ3v) is 6.45. The highest BCUT2D eigenvalue weighted by atomic mass is 35.5. The van der Waals surface area contributed by atoms with E-state index in [1.165, 1.54) is 0 Å². The number of halogens is 1. The van der Waals surface area contributed by atoms with Crippen LogP contribution in [0.5, 0.6) is 0 Å². The van der Waals surface area contributed by atoms with Crippen molar-refractivity contribution >= 4 is 44.2 Å². The van der Waals surface area contributed by atoms with Crippen LogP contribution in [0.15, 0.2) is 76.5 Å². The largest absolute Gasteiger partial charge is 0.464 e. The summed E-state index contributed by atoms with van der Waals surface area (Å²) in [5.74, 6) is 0. The molecule has 0 unspecified atom stereocenters. The Hall–Kier alpha value is -2.45. The Morgan fingerprint density at radius 3 is 2.80 bits per heavy atom. The standard InChI is InChI=1S/C22H23N3O3S.ClH/c1-16(13-23-11-9-19-15-28-22-5-3-2-4-21(19)22)25-29(26,27)20-7-6-18-14-24-10-8-17(18)12-20;/h2-8,10,12,14-16,23,25H,9,11,13H2,1H3;1H/t16-;/m1./s1. The van der Waals surface area contributed by atoms with Crippen molar-refractivity contribution in [2.45, 2.75) is 24.3 Å². The van der Waals surface area contributed by atoms with Crippen molar-refractivity contribution in [1.29, 1.82) is 0 Å². The van der Waals surface area contributed by atoms with Gasteiger partial charge in [-0.1, -0.05) is 24.3 Å². The third kappa shape index (κ3) is 4.99. The van der Waals surface area contributed by atoms with Crippen LogP contribution in [-0.2, 0) is 16.4 Å². The number of hydrogen-bond donors (Lipinski definition) is 2. The molecule has 1 atom stereocenters. The summed E-state index contributed by atoms with van der Waals surface area (Å²) < 4.78 is 33.7. The quantitative estimate of drug-likeness (QED) is 0.402. The van der Waals surface area contributed by atoms with E-state index in [1.54, 1.807) is 42.9 Å². The molecule has 0 saturated carbocycles. The van der Waals surface area contributed by atoms with Gasteiger partial charge in [-0.05, 0) is 55.1 Å². The number of fused-ring (bicyclic) bond motifs is 2. The Labute approximate surface area is 182 Å². The van der Waals surface area contributed by atoms with E-state index < -0.39 is 10.0 Å². The molecule has 4 rings (SSSR count). The molecule has 0 fully saturated rings. The normalized spacial score (nSPS) is 12.7. The van der Waals surface area contributed by atoms with Gasteiger partial charge in [-0.3, -0.25) is 4.98 Å². The summed E-state index contributed by atoms with van der Waals surface area (Å²) in [6, 6.07) is 14.6. The SMILES string of the molecule is C[C@H](CNCCc1coc2ccccc12)NS(=O)(=O)c1ccc2cnccc2c1.Cl. The zero-order valence-corrected chi connectivity index (χ0v) is 18.2. The predicted octanol–water partition coefficient (Wildman–Crippen LogP) is 3.90. The third-order valence-electron chi connectivity index (χ3n) is 4.86. The molecule has 2 N–H and O–H groups in total. The number of nitrogens with one attached hydrogen (secondary N) is 2. The molecule has 2 heterocycles. The number of hydrogen-bond acceptors (Lipinski definition) is 5. The van der Waals surface area contributed by atoms with E-state index in [9.17, 15) is 8.42 Å². The van der Waals surface area contributed by atoms with Crippen molar-refractivity contribution in [1.82, 2.24) is 15.0 Å². The van der Waals surface area contributed by atoms with E-state index in [-0.39, 0.29) is 23.3 Å². The maximum atomic E-state index is 12.7. The van der Waals surface area contributed by atoms with Crippen molar-refractivity contribution in [2.24, 2.45) is 0 Å². The van der Waals surface area contributed by atoms with Gasteiger partial charge in [-0.25, -0.2) is 13.1 Å². The van der Waals surface area contributed by atoms with Crippen LogP contribution in [0.1, 0.15) is 12.5 Å². The van der Waals surface area contributed by atoms with Gasteiger partial charge >= 0.3 is 0 Å². The molecule has 0 spiro atoms. The average Bonchev–Trinajstić information content (AvgIpc) is 3.14. The smallest absolute Gasteiger partial charge is 0.240 e. The monoisotopic (exact) mass is 445 g/mol. The second-order valence-corrected chi connectivity index (χ2v) is 8.83. The first kappa shape index (κ1) is 22.2. The minimum Gasteiger partial charge on any atom is -0.464 e. The lowest BCUT2D eigenvalue weighted by atomic mass is 10.1. The zero-order valence-electron chi connectivity index (χ0n) is 16.5. The van der Waals surface area contributed by atoms with Crippen LogP contribution in [-0.4, -0.2) is 32.5 Å². The molecule has 0 radical (unpaired) electrons. The maximum Gasteiger partial charge on any atom is 0.240 e. The first-order chi connectivity index (χ1) is 14.0. The van der Waals surface area contributed by atoms with Crippen LogP contribution in [0.4, 0.5) is 0 Å². The number of aromatic nitrogens is 1. The summed E-state index contributed by atoms with van der Waals surface area (Å²) in [5, 5.41) is 6.19. The second kappa shape index (κ2) is 9.57. The van der Waals surface area contributed by atoms with E-state index in [0.29, 0.717) is 6.54 Å². The van der Waals surface area contributed by atoms with Gasteiger partial charge in [0.15, 0.2) is 0 Å². The molecule has 4 aromatic rings. The van der Waals surface area contributed by atoms with Crippen LogP contribution in [0, 0.1) is 0 Å². The number of furan rings is 1. The fourth-order valence-electron chi connectivity index (χ4n) is 3.37.